The molecule has 0 amide bonds. The van der Waals surface area contributed by atoms with Gasteiger partial charge in [0.05, 0.1) is 11.1 Å². The number of halogens is 7. The lowest BCUT2D eigenvalue weighted by Gasteiger charge is -2.29. The van der Waals surface area contributed by atoms with Crippen molar-refractivity contribution in [1.29, 1.82) is 0 Å². The van der Waals surface area contributed by atoms with Crippen LogP contribution in [0.1, 0.15) is 62.5 Å². The molecule has 0 unspecified atom stereocenters. The Labute approximate surface area is 188 Å². The first-order chi connectivity index (χ1) is 15.6. The number of allylic oxidation sites excluding steroid dienone is 2. The first kappa shape index (κ1) is 24.9. The van der Waals surface area contributed by atoms with Crippen molar-refractivity contribution in [2.75, 3.05) is 0 Å². The molecule has 0 radical (unpaired) electrons. The normalized spacial score (nSPS) is 18.9. The fourth-order valence-electron chi connectivity index (χ4n) is 4.36. The van der Waals surface area contributed by atoms with Gasteiger partial charge < -0.3 is 0 Å². The van der Waals surface area contributed by atoms with Gasteiger partial charge >= 0.3 is 6.18 Å². The molecule has 1 saturated carbocycles. The number of benzene rings is 2. The van der Waals surface area contributed by atoms with Crippen LogP contribution in [0, 0.1) is 41.0 Å². The molecule has 0 bridgehead atoms. The lowest BCUT2D eigenvalue weighted by molar-refractivity contribution is -0.0696. The van der Waals surface area contributed by atoms with Gasteiger partial charge in [-0.15, -0.1) is 0 Å². The molecule has 0 aliphatic heterocycles. The molecule has 0 saturated heterocycles. The van der Waals surface area contributed by atoms with Gasteiger partial charge in [0.25, 0.3) is 0 Å². The number of rotatable bonds is 5. The maximum Gasteiger partial charge on any atom is 0.458 e. The van der Waals surface area contributed by atoms with Crippen molar-refractivity contribution in [3.05, 3.63) is 70.8 Å². The molecule has 0 nitrogen and oxygen atoms in total. The average Bonchev–Trinajstić information content (AvgIpc) is 2.72. The van der Waals surface area contributed by atoms with Gasteiger partial charge in [0.15, 0.2) is 0 Å². The van der Waals surface area contributed by atoms with E-state index < -0.39 is 46.1 Å². The molecule has 1 aliphatic rings. The minimum absolute atomic E-state index is 0.00508. The zero-order valence-electron chi connectivity index (χ0n) is 18.0. The third-order valence-corrected chi connectivity index (χ3v) is 6.02. The SMILES string of the molecule is C/C=C/CCC1CCC(c2cc(F)c(-c3cc(F)c(C#CC(F)(F)F)c(F)c3)c(F)c2)CC1. The fraction of sp³-hybridized carbons (Fsp3) is 0.385. The summed E-state index contributed by atoms with van der Waals surface area (Å²) in [7, 11) is 0. The minimum atomic E-state index is -4.93. The highest BCUT2D eigenvalue weighted by Crippen LogP contribution is 2.39. The van der Waals surface area contributed by atoms with Gasteiger partial charge in [0.2, 0.25) is 0 Å². The van der Waals surface area contributed by atoms with E-state index in [0.29, 0.717) is 23.6 Å². The monoisotopic (exact) mass is 468 g/mol. The van der Waals surface area contributed by atoms with Gasteiger partial charge in [-0.2, -0.15) is 13.2 Å². The van der Waals surface area contributed by atoms with Gasteiger partial charge in [0, 0.05) is 5.92 Å². The van der Waals surface area contributed by atoms with Gasteiger partial charge in [-0.25, -0.2) is 17.6 Å². The molecular formula is C26H23F7. The van der Waals surface area contributed by atoms with Crippen molar-refractivity contribution >= 4 is 0 Å². The Hall–Kier alpha value is -2.75. The molecule has 33 heavy (non-hydrogen) atoms. The van der Waals surface area contributed by atoms with Gasteiger partial charge in [-0.05, 0) is 92.7 Å². The van der Waals surface area contributed by atoms with Crippen molar-refractivity contribution in [2.24, 2.45) is 5.92 Å². The van der Waals surface area contributed by atoms with Crippen molar-refractivity contribution < 1.29 is 30.7 Å². The van der Waals surface area contributed by atoms with Crippen LogP contribution in [0.25, 0.3) is 11.1 Å². The number of alkyl halides is 3. The second-order valence-electron chi connectivity index (χ2n) is 8.29. The fourth-order valence-corrected chi connectivity index (χ4v) is 4.36. The molecule has 1 aliphatic carbocycles. The van der Waals surface area contributed by atoms with Crippen LogP contribution in [0.15, 0.2) is 36.4 Å². The summed E-state index contributed by atoms with van der Waals surface area (Å²) < 4.78 is 94.7. The Morgan fingerprint density at radius 3 is 1.97 bits per heavy atom. The molecule has 0 heterocycles. The Balaban J connectivity index is 1.82. The summed E-state index contributed by atoms with van der Waals surface area (Å²) in [4.78, 5) is 0. The largest absolute Gasteiger partial charge is 0.458 e. The van der Waals surface area contributed by atoms with Crippen LogP contribution in [-0.4, -0.2) is 6.18 Å². The predicted octanol–water partition coefficient (Wildman–Crippen LogP) is 8.45. The zero-order chi connectivity index (χ0) is 24.2. The molecule has 2 aromatic carbocycles. The second-order valence-corrected chi connectivity index (χ2v) is 8.29. The standard InChI is InChI=1S/C26H23F7/c1-2-3-4-5-16-6-8-17(9-7-16)18-12-23(29)25(24(30)13-18)19-14-21(27)20(22(28)15-19)10-11-26(31,32)33/h2-3,12-17H,4-9H2,1H3/b3-2+. The Bertz CT molecular complexity index is 1030. The highest BCUT2D eigenvalue weighted by atomic mass is 19.4. The molecule has 0 N–H and O–H groups in total. The van der Waals surface area contributed by atoms with E-state index in [1.165, 1.54) is 18.1 Å². The predicted molar refractivity (Wildman–Crippen MR) is 113 cm³/mol. The van der Waals surface area contributed by atoms with E-state index in [9.17, 15) is 30.7 Å². The lowest BCUT2D eigenvalue weighted by Crippen LogP contribution is -2.14. The summed E-state index contributed by atoms with van der Waals surface area (Å²) in [6.07, 6.45) is 4.82. The highest BCUT2D eigenvalue weighted by Gasteiger charge is 2.26. The maximum atomic E-state index is 14.8. The first-order valence-electron chi connectivity index (χ1n) is 10.8. The van der Waals surface area contributed by atoms with Crippen LogP contribution in [-0.2, 0) is 0 Å². The molecule has 0 aromatic heterocycles. The van der Waals surface area contributed by atoms with Crippen LogP contribution >= 0.6 is 0 Å². The Morgan fingerprint density at radius 1 is 0.879 bits per heavy atom. The molecule has 3 rings (SSSR count). The summed E-state index contributed by atoms with van der Waals surface area (Å²) in [5, 5.41) is 0. The van der Waals surface area contributed by atoms with Gasteiger partial charge in [0.1, 0.15) is 23.3 Å². The van der Waals surface area contributed by atoms with Crippen LogP contribution < -0.4 is 0 Å². The summed E-state index contributed by atoms with van der Waals surface area (Å²) in [5.41, 5.74) is -1.70. The molecule has 0 spiro atoms. The van der Waals surface area contributed by atoms with Crippen LogP contribution in [0.2, 0.25) is 0 Å². The minimum Gasteiger partial charge on any atom is -0.206 e. The van der Waals surface area contributed by atoms with E-state index in [-0.39, 0.29) is 5.92 Å². The topological polar surface area (TPSA) is 0 Å². The van der Waals surface area contributed by atoms with E-state index in [1.54, 1.807) is 0 Å². The maximum absolute atomic E-state index is 14.8. The summed E-state index contributed by atoms with van der Waals surface area (Å²) in [6.45, 7) is 1.98. The molecular weight excluding hydrogens is 445 g/mol. The van der Waals surface area contributed by atoms with E-state index in [2.05, 4.69) is 6.08 Å². The van der Waals surface area contributed by atoms with Crippen molar-refractivity contribution in [3.8, 4) is 23.0 Å². The number of hydrogen-bond donors (Lipinski definition) is 0. The van der Waals surface area contributed by atoms with Crippen molar-refractivity contribution in [2.45, 2.75) is 57.5 Å². The first-order valence-corrected chi connectivity index (χ1v) is 10.8. The van der Waals surface area contributed by atoms with Crippen molar-refractivity contribution in [1.82, 2.24) is 0 Å². The molecule has 176 valence electrons. The van der Waals surface area contributed by atoms with E-state index in [4.69, 9.17) is 0 Å². The summed E-state index contributed by atoms with van der Waals surface area (Å²) >= 11 is 0. The third-order valence-electron chi connectivity index (χ3n) is 6.02. The van der Waals surface area contributed by atoms with Crippen LogP contribution in [0.4, 0.5) is 30.7 Å². The average molecular weight is 468 g/mol. The molecule has 1 fully saturated rings. The number of hydrogen-bond acceptors (Lipinski definition) is 0. The third kappa shape index (κ3) is 6.40. The molecule has 2 aromatic rings. The molecule has 0 atom stereocenters. The lowest BCUT2D eigenvalue weighted by atomic mass is 9.77. The highest BCUT2D eigenvalue weighted by molar-refractivity contribution is 5.67. The summed E-state index contributed by atoms with van der Waals surface area (Å²) in [6, 6.07) is 3.52. The second kappa shape index (κ2) is 10.5. The molecule has 7 heteroatoms. The summed E-state index contributed by atoms with van der Waals surface area (Å²) in [5.74, 6) is -2.08. The Kier molecular flexibility index (Phi) is 7.88. The van der Waals surface area contributed by atoms with E-state index in [0.717, 1.165) is 44.4 Å². The zero-order valence-corrected chi connectivity index (χ0v) is 18.0. The van der Waals surface area contributed by atoms with Crippen LogP contribution in [0.3, 0.4) is 0 Å². The van der Waals surface area contributed by atoms with E-state index >= 15 is 0 Å². The van der Waals surface area contributed by atoms with Gasteiger partial charge in [-0.3, -0.25) is 0 Å². The van der Waals surface area contributed by atoms with E-state index in [1.807, 2.05) is 13.0 Å². The van der Waals surface area contributed by atoms with Gasteiger partial charge in [-0.1, -0.05) is 18.1 Å². The van der Waals surface area contributed by atoms with Crippen LogP contribution in [0.5, 0.6) is 0 Å². The quantitative estimate of drug-likeness (QED) is 0.235. The smallest absolute Gasteiger partial charge is 0.206 e. The van der Waals surface area contributed by atoms with Crippen molar-refractivity contribution in [3.63, 3.8) is 0 Å². The Morgan fingerprint density at radius 2 is 1.45 bits per heavy atom.